The van der Waals surface area contributed by atoms with Crippen molar-refractivity contribution in [2.75, 3.05) is 13.1 Å². The van der Waals surface area contributed by atoms with Crippen molar-refractivity contribution in [2.24, 2.45) is 5.92 Å². The molecule has 0 saturated carbocycles. The van der Waals surface area contributed by atoms with Crippen molar-refractivity contribution in [1.82, 2.24) is 5.32 Å². The van der Waals surface area contributed by atoms with Crippen molar-refractivity contribution in [3.8, 4) is 0 Å². The lowest BCUT2D eigenvalue weighted by Crippen LogP contribution is -2.22. The van der Waals surface area contributed by atoms with Crippen LogP contribution in [-0.2, 0) is 0 Å². The van der Waals surface area contributed by atoms with Gasteiger partial charge in [0.05, 0.1) is 0 Å². The highest BCUT2D eigenvalue weighted by Gasteiger charge is 2.28. The molecule has 1 unspecified atom stereocenters. The van der Waals surface area contributed by atoms with E-state index in [1.807, 2.05) is 0 Å². The van der Waals surface area contributed by atoms with E-state index in [0.29, 0.717) is 0 Å². The summed E-state index contributed by atoms with van der Waals surface area (Å²) in [5.41, 5.74) is 0. The molecule has 1 fully saturated rings. The normalized spacial score (nSPS) is 25.6. The summed E-state index contributed by atoms with van der Waals surface area (Å²) in [6.45, 7) is 1.72. The van der Waals surface area contributed by atoms with Crippen molar-refractivity contribution in [1.29, 1.82) is 0 Å². The molecule has 4 heteroatoms. The van der Waals surface area contributed by atoms with Crippen LogP contribution in [-0.4, -0.2) is 19.3 Å². The minimum absolute atomic E-state index is 0.226. The maximum absolute atomic E-state index is 11.9. The van der Waals surface area contributed by atoms with E-state index in [9.17, 15) is 13.2 Å². The SMILES string of the molecule is FC(F)(F)CCC1CCCCNC1. The lowest BCUT2D eigenvalue weighted by atomic mass is 9.98. The lowest BCUT2D eigenvalue weighted by molar-refractivity contribution is -0.137. The van der Waals surface area contributed by atoms with E-state index in [0.717, 1.165) is 32.4 Å². The summed E-state index contributed by atoms with van der Waals surface area (Å²) < 4.78 is 35.7. The summed E-state index contributed by atoms with van der Waals surface area (Å²) in [5.74, 6) is 0.226. The highest BCUT2D eigenvalue weighted by molar-refractivity contribution is 4.68. The van der Waals surface area contributed by atoms with E-state index in [2.05, 4.69) is 5.32 Å². The molecule has 0 aliphatic carbocycles. The van der Waals surface area contributed by atoms with Crippen molar-refractivity contribution in [3.63, 3.8) is 0 Å². The van der Waals surface area contributed by atoms with Gasteiger partial charge in [0.15, 0.2) is 0 Å². The summed E-state index contributed by atoms with van der Waals surface area (Å²) in [5, 5.41) is 3.17. The molecule has 0 radical (unpaired) electrons. The van der Waals surface area contributed by atoms with Gasteiger partial charge in [0, 0.05) is 6.42 Å². The molecule has 0 aromatic rings. The zero-order chi connectivity index (χ0) is 9.73. The molecule has 1 rings (SSSR count). The van der Waals surface area contributed by atoms with Crippen molar-refractivity contribution >= 4 is 0 Å². The van der Waals surface area contributed by atoms with Gasteiger partial charge in [0.25, 0.3) is 0 Å². The average Bonchev–Trinajstić information content (AvgIpc) is 2.26. The molecule has 0 bridgehead atoms. The lowest BCUT2D eigenvalue weighted by Gasteiger charge is -2.14. The van der Waals surface area contributed by atoms with E-state index < -0.39 is 12.6 Å². The van der Waals surface area contributed by atoms with Crippen LogP contribution in [0.2, 0.25) is 0 Å². The molecule has 0 amide bonds. The Balaban J connectivity index is 2.19. The standard InChI is InChI=1S/C9H16F3N/c10-9(11,12)5-4-8-3-1-2-6-13-7-8/h8,13H,1-7H2. The van der Waals surface area contributed by atoms with Crippen LogP contribution in [0.3, 0.4) is 0 Å². The molecule has 13 heavy (non-hydrogen) atoms. The predicted molar refractivity (Wildman–Crippen MR) is 45.5 cm³/mol. The van der Waals surface area contributed by atoms with Crippen LogP contribution in [0.15, 0.2) is 0 Å². The van der Waals surface area contributed by atoms with Crippen molar-refractivity contribution in [2.45, 2.75) is 38.3 Å². The fourth-order valence-electron chi connectivity index (χ4n) is 1.71. The van der Waals surface area contributed by atoms with E-state index in [-0.39, 0.29) is 12.3 Å². The fraction of sp³-hybridized carbons (Fsp3) is 1.00. The molecule has 1 nitrogen and oxygen atoms in total. The summed E-state index contributed by atoms with van der Waals surface area (Å²) in [4.78, 5) is 0. The van der Waals surface area contributed by atoms with E-state index in [1.165, 1.54) is 0 Å². The molecule has 0 aromatic carbocycles. The van der Waals surface area contributed by atoms with Gasteiger partial charge in [0.2, 0.25) is 0 Å². The largest absolute Gasteiger partial charge is 0.389 e. The van der Waals surface area contributed by atoms with Crippen LogP contribution in [0.1, 0.15) is 32.1 Å². The molecule has 1 aliphatic heterocycles. The van der Waals surface area contributed by atoms with Crippen molar-refractivity contribution < 1.29 is 13.2 Å². The third-order valence-electron chi connectivity index (χ3n) is 2.48. The first kappa shape index (κ1) is 10.8. The van der Waals surface area contributed by atoms with Gasteiger partial charge >= 0.3 is 6.18 Å². The van der Waals surface area contributed by atoms with Gasteiger partial charge in [-0.15, -0.1) is 0 Å². The monoisotopic (exact) mass is 195 g/mol. The molecule has 0 aromatic heterocycles. The first-order chi connectivity index (χ1) is 6.08. The summed E-state index contributed by atoms with van der Waals surface area (Å²) in [6, 6.07) is 0. The van der Waals surface area contributed by atoms with Gasteiger partial charge < -0.3 is 5.32 Å². The molecule has 1 aliphatic rings. The third kappa shape index (κ3) is 5.13. The Morgan fingerprint density at radius 3 is 2.69 bits per heavy atom. The second-order valence-electron chi connectivity index (χ2n) is 3.72. The quantitative estimate of drug-likeness (QED) is 0.714. The third-order valence-corrected chi connectivity index (χ3v) is 2.48. The first-order valence-corrected chi connectivity index (χ1v) is 4.85. The Kier molecular flexibility index (Phi) is 4.03. The molecule has 1 saturated heterocycles. The van der Waals surface area contributed by atoms with Gasteiger partial charge in [-0.05, 0) is 38.3 Å². The second-order valence-corrected chi connectivity index (χ2v) is 3.72. The zero-order valence-corrected chi connectivity index (χ0v) is 7.66. The fourth-order valence-corrected chi connectivity index (χ4v) is 1.71. The average molecular weight is 195 g/mol. The van der Waals surface area contributed by atoms with Crippen LogP contribution in [0.25, 0.3) is 0 Å². The van der Waals surface area contributed by atoms with Crippen molar-refractivity contribution in [3.05, 3.63) is 0 Å². The molecular weight excluding hydrogens is 179 g/mol. The molecule has 78 valence electrons. The minimum Gasteiger partial charge on any atom is -0.316 e. The maximum atomic E-state index is 11.9. The summed E-state index contributed by atoms with van der Waals surface area (Å²) in [6.07, 6.45) is -1.21. The Morgan fingerprint density at radius 1 is 1.23 bits per heavy atom. The minimum atomic E-state index is -3.98. The van der Waals surface area contributed by atoms with Gasteiger partial charge in [0.1, 0.15) is 0 Å². The van der Waals surface area contributed by atoms with Crippen LogP contribution in [0.5, 0.6) is 0 Å². The Labute approximate surface area is 76.7 Å². The van der Waals surface area contributed by atoms with Gasteiger partial charge in [-0.1, -0.05) is 6.42 Å². The summed E-state index contributed by atoms with van der Waals surface area (Å²) >= 11 is 0. The number of rotatable bonds is 2. The van der Waals surface area contributed by atoms with E-state index in [1.54, 1.807) is 0 Å². The number of hydrogen-bond donors (Lipinski definition) is 1. The van der Waals surface area contributed by atoms with Gasteiger partial charge in [-0.25, -0.2) is 0 Å². The predicted octanol–water partition coefficient (Wildman–Crippen LogP) is 2.72. The topological polar surface area (TPSA) is 12.0 Å². The zero-order valence-electron chi connectivity index (χ0n) is 7.66. The van der Waals surface area contributed by atoms with Crippen LogP contribution in [0.4, 0.5) is 13.2 Å². The molecule has 0 spiro atoms. The maximum Gasteiger partial charge on any atom is 0.389 e. The Hall–Kier alpha value is -0.250. The van der Waals surface area contributed by atoms with E-state index >= 15 is 0 Å². The number of halogens is 3. The number of hydrogen-bond acceptors (Lipinski definition) is 1. The highest BCUT2D eigenvalue weighted by atomic mass is 19.4. The molecular formula is C9H16F3N. The first-order valence-electron chi connectivity index (χ1n) is 4.85. The summed E-state index contributed by atoms with van der Waals surface area (Å²) in [7, 11) is 0. The molecule has 1 N–H and O–H groups in total. The Morgan fingerprint density at radius 2 is 2.00 bits per heavy atom. The van der Waals surface area contributed by atoms with E-state index in [4.69, 9.17) is 0 Å². The second kappa shape index (κ2) is 4.84. The van der Waals surface area contributed by atoms with Crippen LogP contribution >= 0.6 is 0 Å². The van der Waals surface area contributed by atoms with Gasteiger partial charge in [-0.3, -0.25) is 0 Å². The highest BCUT2D eigenvalue weighted by Crippen LogP contribution is 2.26. The molecule has 1 atom stereocenters. The number of alkyl halides is 3. The Bertz CT molecular complexity index is 136. The molecule has 1 heterocycles. The van der Waals surface area contributed by atoms with Crippen LogP contribution < -0.4 is 5.32 Å². The van der Waals surface area contributed by atoms with Gasteiger partial charge in [-0.2, -0.15) is 13.2 Å². The number of nitrogens with one attached hydrogen (secondary N) is 1. The van der Waals surface area contributed by atoms with Crippen LogP contribution in [0, 0.1) is 5.92 Å². The smallest absolute Gasteiger partial charge is 0.316 e.